The molecule has 2 unspecified atom stereocenters. The first-order valence-electron chi connectivity index (χ1n) is 6.17. The molecule has 19 heavy (non-hydrogen) atoms. The van der Waals surface area contributed by atoms with Gasteiger partial charge in [-0.15, -0.1) is 11.3 Å². The smallest absolute Gasteiger partial charge is 0.239 e. The van der Waals surface area contributed by atoms with E-state index in [2.05, 4.69) is 32.2 Å². The summed E-state index contributed by atoms with van der Waals surface area (Å²) in [6.07, 6.45) is 0. The number of morpholine rings is 1. The van der Waals surface area contributed by atoms with Crippen LogP contribution in [0.25, 0.3) is 0 Å². The van der Waals surface area contributed by atoms with E-state index in [4.69, 9.17) is 10.5 Å². The minimum Gasteiger partial charge on any atom is -0.378 e. The summed E-state index contributed by atoms with van der Waals surface area (Å²) >= 11 is 5.12. The number of carbonyl (C=O) groups excluding carboxylic acids is 1. The Morgan fingerprint density at radius 2 is 2.53 bits per heavy atom. The van der Waals surface area contributed by atoms with Gasteiger partial charge in [-0.05, 0) is 28.1 Å². The van der Waals surface area contributed by atoms with E-state index in [1.807, 2.05) is 6.07 Å². The fourth-order valence-electron chi connectivity index (χ4n) is 2.30. The number of thiophene rings is 1. The first kappa shape index (κ1) is 14.9. The van der Waals surface area contributed by atoms with Crippen molar-refractivity contribution in [1.29, 1.82) is 0 Å². The van der Waals surface area contributed by atoms with Gasteiger partial charge in [0.2, 0.25) is 5.91 Å². The lowest BCUT2D eigenvalue weighted by molar-refractivity contribution is -0.134. The summed E-state index contributed by atoms with van der Waals surface area (Å²) in [5.74, 6) is -0.0197. The quantitative estimate of drug-likeness (QED) is 0.851. The molecule has 2 atom stereocenters. The van der Waals surface area contributed by atoms with Gasteiger partial charge in [-0.2, -0.15) is 0 Å². The SMILES string of the molecule is CNC(=O)C1COCCN1C(CN)c1ccc(Br)s1. The summed E-state index contributed by atoms with van der Waals surface area (Å²) in [6, 6.07) is 3.86. The highest BCUT2D eigenvalue weighted by Crippen LogP contribution is 2.32. The zero-order chi connectivity index (χ0) is 13.8. The number of nitrogens with zero attached hydrogens (tertiary/aromatic N) is 1. The molecule has 1 aromatic rings. The summed E-state index contributed by atoms with van der Waals surface area (Å²) < 4.78 is 6.50. The molecule has 2 heterocycles. The van der Waals surface area contributed by atoms with Gasteiger partial charge < -0.3 is 15.8 Å². The molecular weight excluding hydrogens is 330 g/mol. The molecule has 2 rings (SSSR count). The van der Waals surface area contributed by atoms with Gasteiger partial charge in [0.25, 0.3) is 0 Å². The van der Waals surface area contributed by atoms with Gasteiger partial charge in [0.05, 0.1) is 23.0 Å². The summed E-state index contributed by atoms with van der Waals surface area (Å²) in [5.41, 5.74) is 5.93. The predicted octanol–water partition coefficient (Wildman–Crippen LogP) is 0.957. The van der Waals surface area contributed by atoms with Crippen LogP contribution in [0.4, 0.5) is 0 Å². The Labute approximate surface area is 125 Å². The fraction of sp³-hybridized carbons (Fsp3) is 0.583. The topological polar surface area (TPSA) is 67.6 Å². The summed E-state index contributed by atoms with van der Waals surface area (Å²) in [6.45, 7) is 2.26. The maximum atomic E-state index is 12.0. The van der Waals surface area contributed by atoms with Crippen LogP contribution in [0.1, 0.15) is 10.9 Å². The standard InChI is InChI=1S/C12H18BrN3O2S/c1-15-12(17)9-7-18-5-4-16(9)8(6-14)10-2-3-11(13)19-10/h2-3,8-9H,4-7,14H2,1H3,(H,15,17). The molecule has 1 aliphatic heterocycles. The van der Waals surface area contributed by atoms with E-state index in [9.17, 15) is 4.79 Å². The molecule has 1 amide bonds. The molecule has 0 spiro atoms. The monoisotopic (exact) mass is 347 g/mol. The number of nitrogens with two attached hydrogens (primary N) is 1. The van der Waals surface area contributed by atoms with Crippen LogP contribution in [0, 0.1) is 0 Å². The lowest BCUT2D eigenvalue weighted by Gasteiger charge is -2.39. The van der Waals surface area contributed by atoms with Crippen molar-refractivity contribution in [2.75, 3.05) is 33.4 Å². The van der Waals surface area contributed by atoms with E-state index in [-0.39, 0.29) is 18.0 Å². The molecule has 1 aromatic heterocycles. The number of nitrogens with one attached hydrogen (secondary N) is 1. The number of hydrogen-bond donors (Lipinski definition) is 2. The van der Waals surface area contributed by atoms with Crippen LogP contribution < -0.4 is 11.1 Å². The largest absolute Gasteiger partial charge is 0.378 e. The highest BCUT2D eigenvalue weighted by Gasteiger charge is 2.34. The second-order valence-electron chi connectivity index (χ2n) is 4.34. The van der Waals surface area contributed by atoms with Crippen molar-refractivity contribution in [3.63, 3.8) is 0 Å². The van der Waals surface area contributed by atoms with Gasteiger partial charge in [-0.3, -0.25) is 9.69 Å². The first-order valence-corrected chi connectivity index (χ1v) is 7.78. The van der Waals surface area contributed by atoms with Crippen LogP contribution in [0.15, 0.2) is 15.9 Å². The number of carbonyl (C=O) groups is 1. The average Bonchev–Trinajstić information content (AvgIpc) is 2.86. The Bertz CT molecular complexity index is 440. The molecule has 1 fully saturated rings. The van der Waals surface area contributed by atoms with Crippen molar-refractivity contribution in [2.24, 2.45) is 5.73 Å². The summed E-state index contributed by atoms with van der Waals surface area (Å²) in [7, 11) is 1.65. The van der Waals surface area contributed by atoms with Crippen molar-refractivity contribution < 1.29 is 9.53 Å². The van der Waals surface area contributed by atoms with Gasteiger partial charge in [0, 0.05) is 25.0 Å². The fourth-order valence-corrected chi connectivity index (χ4v) is 3.86. The molecule has 0 aliphatic carbocycles. The second-order valence-corrected chi connectivity index (χ2v) is 6.83. The van der Waals surface area contributed by atoms with Crippen LogP contribution in [0.2, 0.25) is 0 Å². The number of likely N-dealkylation sites (N-methyl/N-ethyl adjacent to an activating group) is 1. The molecule has 1 saturated heterocycles. The lowest BCUT2D eigenvalue weighted by atomic mass is 10.1. The third kappa shape index (κ3) is 3.35. The van der Waals surface area contributed by atoms with Crippen molar-refractivity contribution in [2.45, 2.75) is 12.1 Å². The van der Waals surface area contributed by atoms with E-state index < -0.39 is 0 Å². The molecule has 5 nitrogen and oxygen atoms in total. The van der Waals surface area contributed by atoms with Gasteiger partial charge in [0.1, 0.15) is 6.04 Å². The lowest BCUT2D eigenvalue weighted by Crippen LogP contribution is -2.55. The summed E-state index contributed by atoms with van der Waals surface area (Å²) in [5, 5.41) is 2.69. The van der Waals surface area contributed by atoms with Crippen molar-refractivity contribution in [3.05, 3.63) is 20.8 Å². The van der Waals surface area contributed by atoms with Crippen LogP contribution in [0.5, 0.6) is 0 Å². The molecule has 0 bridgehead atoms. The molecular formula is C12H18BrN3O2S. The van der Waals surface area contributed by atoms with Crippen LogP contribution in [0.3, 0.4) is 0 Å². The maximum absolute atomic E-state index is 12.0. The Kier molecular flexibility index (Phi) is 5.35. The Morgan fingerprint density at radius 1 is 1.74 bits per heavy atom. The third-order valence-corrected chi connectivity index (χ3v) is 4.99. The minimum absolute atomic E-state index is 0.0197. The molecule has 106 valence electrons. The van der Waals surface area contributed by atoms with Gasteiger partial charge >= 0.3 is 0 Å². The molecule has 0 aromatic carbocycles. The van der Waals surface area contributed by atoms with Crippen LogP contribution in [-0.2, 0) is 9.53 Å². The first-order chi connectivity index (χ1) is 9.17. The Balaban J connectivity index is 2.21. The third-order valence-electron chi connectivity index (χ3n) is 3.26. The number of amides is 1. The number of ether oxygens (including phenoxy) is 1. The highest BCUT2D eigenvalue weighted by atomic mass is 79.9. The van der Waals surface area contributed by atoms with Crippen molar-refractivity contribution in [1.82, 2.24) is 10.2 Å². The van der Waals surface area contributed by atoms with E-state index >= 15 is 0 Å². The second kappa shape index (κ2) is 6.81. The molecule has 3 N–H and O–H groups in total. The van der Waals surface area contributed by atoms with Gasteiger partial charge in [-0.25, -0.2) is 0 Å². The van der Waals surface area contributed by atoms with Gasteiger partial charge in [0.15, 0.2) is 0 Å². The van der Waals surface area contributed by atoms with E-state index in [0.29, 0.717) is 19.8 Å². The summed E-state index contributed by atoms with van der Waals surface area (Å²) in [4.78, 5) is 15.3. The zero-order valence-corrected chi connectivity index (χ0v) is 13.2. The van der Waals surface area contributed by atoms with Crippen LogP contribution >= 0.6 is 27.3 Å². The molecule has 0 radical (unpaired) electrons. The van der Waals surface area contributed by atoms with Crippen LogP contribution in [-0.4, -0.2) is 50.2 Å². The zero-order valence-electron chi connectivity index (χ0n) is 10.8. The Morgan fingerprint density at radius 3 is 3.11 bits per heavy atom. The van der Waals surface area contributed by atoms with Crippen molar-refractivity contribution in [3.8, 4) is 0 Å². The number of hydrogen-bond acceptors (Lipinski definition) is 5. The van der Waals surface area contributed by atoms with Crippen molar-refractivity contribution >= 4 is 33.2 Å². The minimum atomic E-state index is -0.270. The van der Waals surface area contributed by atoms with E-state index in [1.165, 1.54) is 4.88 Å². The highest BCUT2D eigenvalue weighted by molar-refractivity contribution is 9.11. The number of rotatable bonds is 4. The average molecular weight is 348 g/mol. The van der Waals surface area contributed by atoms with E-state index in [1.54, 1.807) is 18.4 Å². The predicted molar refractivity (Wildman–Crippen MR) is 79.2 cm³/mol. The van der Waals surface area contributed by atoms with Gasteiger partial charge in [-0.1, -0.05) is 0 Å². The maximum Gasteiger partial charge on any atom is 0.239 e. The molecule has 0 saturated carbocycles. The Hall–Kier alpha value is -0.470. The molecule has 7 heteroatoms. The molecule has 1 aliphatic rings. The normalized spacial score (nSPS) is 22.2. The van der Waals surface area contributed by atoms with E-state index in [0.717, 1.165) is 10.3 Å². The number of halogens is 1.